The van der Waals surface area contributed by atoms with Gasteiger partial charge in [-0.25, -0.2) is 0 Å². The molecule has 0 heterocycles. The SMILES string of the molecule is CC(C)(NC(=O)c1cc(Cl)cc(I)c1)C(=O)C(Br)Br. The first-order valence-corrected chi connectivity index (χ1v) is 8.53. The zero-order valence-corrected chi connectivity index (χ0v) is 16.2. The van der Waals surface area contributed by atoms with E-state index in [-0.39, 0.29) is 11.7 Å². The number of carbonyl (C=O) groups excluding carboxylic acids is 2. The van der Waals surface area contributed by atoms with Crippen LogP contribution in [-0.2, 0) is 4.79 Å². The minimum Gasteiger partial charge on any atom is -0.340 e. The number of Topliss-reactive ketones (excluding diaryl/α,β-unsaturated/α-hetero) is 1. The molecule has 0 aliphatic rings. The zero-order chi connectivity index (χ0) is 14.8. The summed E-state index contributed by atoms with van der Waals surface area (Å²) in [6.45, 7) is 3.30. The quantitative estimate of drug-likeness (QED) is 0.477. The Bertz CT molecular complexity index is 500. The molecule has 19 heavy (non-hydrogen) atoms. The third-order valence-corrected chi connectivity index (χ3v) is 4.04. The summed E-state index contributed by atoms with van der Waals surface area (Å²) in [6.07, 6.45) is 0. The molecule has 0 unspecified atom stereocenters. The molecule has 1 amide bonds. The van der Waals surface area contributed by atoms with E-state index in [1.54, 1.807) is 32.0 Å². The van der Waals surface area contributed by atoms with Crippen molar-refractivity contribution in [2.75, 3.05) is 0 Å². The molecule has 0 atom stereocenters. The van der Waals surface area contributed by atoms with E-state index in [0.717, 1.165) is 3.57 Å². The number of halogens is 4. The molecular formula is C12H11Br2ClINO2. The molecule has 0 saturated carbocycles. The van der Waals surface area contributed by atoms with Crippen LogP contribution in [0.5, 0.6) is 0 Å². The number of amides is 1. The van der Waals surface area contributed by atoms with Crippen molar-refractivity contribution in [2.24, 2.45) is 0 Å². The van der Waals surface area contributed by atoms with E-state index >= 15 is 0 Å². The molecule has 0 aromatic heterocycles. The lowest BCUT2D eigenvalue weighted by Crippen LogP contribution is -2.51. The van der Waals surface area contributed by atoms with E-state index in [1.807, 2.05) is 0 Å². The Morgan fingerprint density at radius 1 is 1.32 bits per heavy atom. The van der Waals surface area contributed by atoms with Crippen LogP contribution in [0.25, 0.3) is 0 Å². The second kappa shape index (κ2) is 6.87. The first-order valence-electron chi connectivity index (χ1n) is 5.24. The molecule has 0 saturated heterocycles. The summed E-state index contributed by atoms with van der Waals surface area (Å²) in [6, 6.07) is 5.03. The third kappa shape index (κ3) is 4.99. The van der Waals surface area contributed by atoms with Gasteiger partial charge >= 0.3 is 0 Å². The number of hydrogen-bond acceptors (Lipinski definition) is 2. The van der Waals surface area contributed by atoms with E-state index < -0.39 is 9.28 Å². The zero-order valence-electron chi connectivity index (χ0n) is 10.1. The standard InChI is InChI=1S/C12H11Br2ClINO2/c1-12(2,9(18)10(13)14)17-11(19)6-3-7(15)5-8(16)4-6/h3-5,10H,1-2H3,(H,17,19). The fourth-order valence-corrected chi connectivity index (χ4v) is 3.61. The van der Waals surface area contributed by atoms with Crippen molar-refractivity contribution >= 4 is 77.7 Å². The number of carbonyl (C=O) groups is 2. The maximum Gasteiger partial charge on any atom is 0.252 e. The van der Waals surface area contributed by atoms with Crippen LogP contribution >= 0.6 is 66.1 Å². The van der Waals surface area contributed by atoms with Crippen molar-refractivity contribution in [3.8, 4) is 0 Å². The van der Waals surface area contributed by atoms with Gasteiger partial charge in [0.1, 0.15) is 3.74 Å². The molecule has 1 aromatic carbocycles. The lowest BCUT2D eigenvalue weighted by atomic mass is 10.00. The number of nitrogens with one attached hydrogen (secondary N) is 1. The predicted molar refractivity (Wildman–Crippen MR) is 92.4 cm³/mol. The number of alkyl halides is 2. The fraction of sp³-hybridized carbons (Fsp3) is 0.333. The Morgan fingerprint density at radius 3 is 2.37 bits per heavy atom. The average Bonchev–Trinajstić information content (AvgIpc) is 2.25. The first kappa shape index (κ1) is 17.4. The van der Waals surface area contributed by atoms with E-state index in [1.165, 1.54) is 0 Å². The Morgan fingerprint density at radius 2 is 1.89 bits per heavy atom. The van der Waals surface area contributed by atoms with Crippen LogP contribution in [0.15, 0.2) is 18.2 Å². The smallest absolute Gasteiger partial charge is 0.252 e. The van der Waals surface area contributed by atoms with Gasteiger partial charge in [-0.05, 0) is 54.6 Å². The van der Waals surface area contributed by atoms with Crippen LogP contribution in [0.4, 0.5) is 0 Å². The highest BCUT2D eigenvalue weighted by atomic mass is 127. The average molecular weight is 523 g/mol. The Hall–Kier alpha value is 0.340. The monoisotopic (exact) mass is 521 g/mol. The van der Waals surface area contributed by atoms with E-state index in [2.05, 4.69) is 59.8 Å². The maximum absolute atomic E-state index is 12.1. The highest BCUT2D eigenvalue weighted by Gasteiger charge is 2.33. The minimum absolute atomic E-state index is 0.169. The summed E-state index contributed by atoms with van der Waals surface area (Å²) in [4.78, 5) is 24.1. The molecule has 104 valence electrons. The van der Waals surface area contributed by atoms with Gasteiger partial charge in [0, 0.05) is 14.2 Å². The Kier molecular flexibility index (Phi) is 6.28. The number of hydrogen-bond donors (Lipinski definition) is 1. The van der Waals surface area contributed by atoms with E-state index in [0.29, 0.717) is 10.6 Å². The van der Waals surface area contributed by atoms with Crippen LogP contribution in [0.3, 0.4) is 0 Å². The van der Waals surface area contributed by atoms with Gasteiger partial charge in [0.25, 0.3) is 5.91 Å². The van der Waals surface area contributed by atoms with Crippen LogP contribution in [0.1, 0.15) is 24.2 Å². The van der Waals surface area contributed by atoms with Crippen LogP contribution < -0.4 is 5.32 Å². The number of rotatable bonds is 4. The molecular weight excluding hydrogens is 512 g/mol. The summed E-state index contributed by atoms with van der Waals surface area (Å²) >= 11 is 14.3. The lowest BCUT2D eigenvalue weighted by molar-refractivity contribution is -0.121. The summed E-state index contributed by atoms with van der Waals surface area (Å²) in [5.41, 5.74) is -0.554. The molecule has 0 aliphatic heterocycles. The topological polar surface area (TPSA) is 46.2 Å². The summed E-state index contributed by atoms with van der Waals surface area (Å²) in [7, 11) is 0. The molecule has 7 heteroatoms. The van der Waals surface area contributed by atoms with Crippen molar-refractivity contribution in [2.45, 2.75) is 23.1 Å². The summed E-state index contributed by atoms with van der Waals surface area (Å²) in [5.74, 6) is -0.503. The number of benzene rings is 1. The van der Waals surface area contributed by atoms with E-state index in [4.69, 9.17) is 11.6 Å². The minimum atomic E-state index is -0.984. The van der Waals surface area contributed by atoms with Crippen molar-refractivity contribution < 1.29 is 9.59 Å². The highest BCUT2D eigenvalue weighted by Crippen LogP contribution is 2.20. The summed E-state index contributed by atoms with van der Waals surface area (Å²) < 4.78 is 0.355. The van der Waals surface area contributed by atoms with Crippen molar-refractivity contribution in [3.63, 3.8) is 0 Å². The van der Waals surface area contributed by atoms with Gasteiger partial charge in [-0.2, -0.15) is 0 Å². The van der Waals surface area contributed by atoms with Crippen molar-refractivity contribution in [3.05, 3.63) is 32.4 Å². The number of ketones is 1. The molecule has 3 nitrogen and oxygen atoms in total. The third-order valence-electron chi connectivity index (χ3n) is 2.36. The van der Waals surface area contributed by atoms with Gasteiger partial charge in [-0.1, -0.05) is 43.5 Å². The van der Waals surface area contributed by atoms with Gasteiger partial charge < -0.3 is 5.32 Å². The second-order valence-electron chi connectivity index (χ2n) is 4.40. The maximum atomic E-state index is 12.1. The first-order chi connectivity index (χ1) is 8.63. The van der Waals surface area contributed by atoms with Gasteiger partial charge in [-0.3, -0.25) is 9.59 Å². The Balaban J connectivity index is 2.93. The van der Waals surface area contributed by atoms with Crippen molar-refractivity contribution in [1.29, 1.82) is 0 Å². The van der Waals surface area contributed by atoms with Crippen LogP contribution in [0, 0.1) is 3.57 Å². The largest absolute Gasteiger partial charge is 0.340 e. The van der Waals surface area contributed by atoms with Gasteiger partial charge in [0.2, 0.25) is 0 Å². The molecule has 0 fully saturated rings. The van der Waals surface area contributed by atoms with Crippen LogP contribution in [0.2, 0.25) is 5.02 Å². The molecule has 1 aromatic rings. The van der Waals surface area contributed by atoms with Crippen LogP contribution in [-0.4, -0.2) is 21.0 Å². The molecule has 0 aliphatic carbocycles. The van der Waals surface area contributed by atoms with Gasteiger partial charge in [0.05, 0.1) is 5.54 Å². The second-order valence-corrected chi connectivity index (χ2v) is 9.14. The Labute approximate surface area is 147 Å². The molecule has 0 spiro atoms. The van der Waals surface area contributed by atoms with E-state index in [9.17, 15) is 9.59 Å². The molecule has 1 N–H and O–H groups in total. The normalized spacial score (nSPS) is 11.5. The molecule has 0 bridgehead atoms. The van der Waals surface area contributed by atoms with Gasteiger partial charge in [0.15, 0.2) is 5.78 Å². The van der Waals surface area contributed by atoms with Gasteiger partial charge in [-0.15, -0.1) is 0 Å². The van der Waals surface area contributed by atoms with Crippen molar-refractivity contribution in [1.82, 2.24) is 5.32 Å². The molecule has 1 rings (SSSR count). The highest BCUT2D eigenvalue weighted by molar-refractivity contribution is 14.1. The summed E-state index contributed by atoms with van der Waals surface area (Å²) in [5, 5.41) is 3.18. The molecule has 0 radical (unpaired) electrons. The lowest BCUT2D eigenvalue weighted by Gasteiger charge is -2.25. The predicted octanol–water partition coefficient (Wildman–Crippen LogP) is 4.14. The fourth-order valence-electron chi connectivity index (χ4n) is 1.38.